The van der Waals surface area contributed by atoms with Gasteiger partial charge in [-0.1, -0.05) is 48.8 Å². The zero-order chi connectivity index (χ0) is 23.1. The molecule has 170 valence electrons. The van der Waals surface area contributed by atoms with Crippen molar-refractivity contribution in [3.63, 3.8) is 0 Å². The van der Waals surface area contributed by atoms with Gasteiger partial charge in [-0.05, 0) is 41.8 Å². The number of pyridine rings is 1. The van der Waals surface area contributed by atoms with Gasteiger partial charge < -0.3 is 19.8 Å². The summed E-state index contributed by atoms with van der Waals surface area (Å²) >= 11 is 14.0. The molecule has 1 aromatic carbocycles. The van der Waals surface area contributed by atoms with Crippen LogP contribution in [0.3, 0.4) is 0 Å². The highest BCUT2D eigenvalue weighted by Crippen LogP contribution is 2.37. The Bertz CT molecular complexity index is 1040. The predicted octanol–water partition coefficient (Wildman–Crippen LogP) is 5.52. The molecular formula is C22H24Cl2N4O3S. The average Bonchev–Trinajstić information content (AvgIpc) is 3.05. The van der Waals surface area contributed by atoms with E-state index in [9.17, 15) is 4.79 Å². The zero-order valence-corrected chi connectivity index (χ0v) is 20.1. The maximum atomic E-state index is 10.7. The molecule has 7 nitrogen and oxygen atoms in total. The third-order valence-electron chi connectivity index (χ3n) is 4.42. The topological polar surface area (TPSA) is 92.3 Å². The lowest BCUT2D eigenvalue weighted by molar-refractivity contribution is 0.0637. The third kappa shape index (κ3) is 6.87. The lowest BCUT2D eigenvalue weighted by atomic mass is 10.1. The summed E-state index contributed by atoms with van der Waals surface area (Å²) in [7, 11) is 0. The van der Waals surface area contributed by atoms with Crippen molar-refractivity contribution in [2.45, 2.75) is 42.8 Å². The molecule has 1 amide bonds. The maximum Gasteiger partial charge on any atom is 0.404 e. The lowest BCUT2D eigenvalue weighted by Gasteiger charge is -2.14. The van der Waals surface area contributed by atoms with Crippen LogP contribution in [0.5, 0.6) is 0 Å². The number of hydrogen-bond acceptors (Lipinski definition) is 6. The quantitative estimate of drug-likeness (QED) is 0.373. The number of imidazole rings is 1. The number of carbonyl (C=O) groups is 1. The molecule has 0 aliphatic rings. The molecule has 10 heteroatoms. The summed E-state index contributed by atoms with van der Waals surface area (Å²) in [6.07, 6.45) is 2.70. The molecular weight excluding hydrogens is 471 g/mol. The van der Waals surface area contributed by atoms with Crippen LogP contribution >= 0.6 is 35.0 Å². The van der Waals surface area contributed by atoms with Crippen molar-refractivity contribution in [3.05, 3.63) is 69.9 Å². The van der Waals surface area contributed by atoms with Crippen molar-refractivity contribution >= 4 is 41.1 Å². The second-order valence-corrected chi connectivity index (χ2v) is 9.18. The summed E-state index contributed by atoms with van der Waals surface area (Å²) in [5.41, 5.74) is 7.02. The van der Waals surface area contributed by atoms with E-state index < -0.39 is 6.09 Å². The van der Waals surface area contributed by atoms with Gasteiger partial charge in [0.2, 0.25) is 0 Å². The number of hydrogen-bond donors (Lipinski definition) is 1. The molecule has 0 radical (unpaired) electrons. The van der Waals surface area contributed by atoms with Crippen LogP contribution < -0.4 is 5.73 Å². The van der Waals surface area contributed by atoms with Crippen molar-refractivity contribution < 1.29 is 14.3 Å². The standard InChI is InChI=1S/C22H24Cl2N4O3S/c1-14(2)20-21(32-18-10-16(23)9-17(24)11-18)28(12-15-3-5-26-6-4-15)19(27-20)13-30-7-8-31-22(25)29/h3-6,9-11,14H,7-8,12-13H2,1-2H3,(H2,25,29). The Hall–Kier alpha value is -2.26. The van der Waals surface area contributed by atoms with Gasteiger partial charge in [-0.2, -0.15) is 0 Å². The van der Waals surface area contributed by atoms with E-state index in [4.69, 9.17) is 43.4 Å². The number of amides is 1. The number of carbonyl (C=O) groups excluding carboxylic acids is 1. The molecule has 2 aromatic heterocycles. The van der Waals surface area contributed by atoms with E-state index >= 15 is 0 Å². The number of nitrogens with two attached hydrogens (primary N) is 1. The Morgan fingerprint density at radius 2 is 1.84 bits per heavy atom. The molecule has 0 unspecified atom stereocenters. The van der Waals surface area contributed by atoms with Crippen molar-refractivity contribution in [1.29, 1.82) is 0 Å². The SMILES string of the molecule is CC(C)c1nc(COCCOC(N)=O)n(Cc2ccncc2)c1Sc1cc(Cl)cc(Cl)c1. The molecule has 0 atom stereocenters. The Morgan fingerprint density at radius 1 is 1.16 bits per heavy atom. The molecule has 0 fully saturated rings. The molecule has 0 aliphatic heterocycles. The van der Waals surface area contributed by atoms with Crippen molar-refractivity contribution in [2.75, 3.05) is 13.2 Å². The number of halogens is 2. The lowest BCUT2D eigenvalue weighted by Crippen LogP contribution is -2.17. The summed E-state index contributed by atoms with van der Waals surface area (Å²) in [5, 5.41) is 2.13. The maximum absolute atomic E-state index is 10.7. The minimum atomic E-state index is -0.825. The number of rotatable bonds is 10. The minimum absolute atomic E-state index is 0.0834. The van der Waals surface area contributed by atoms with Crippen LogP contribution in [0.2, 0.25) is 10.0 Å². The van der Waals surface area contributed by atoms with Gasteiger partial charge in [-0.3, -0.25) is 4.98 Å². The number of benzene rings is 1. The number of aromatic nitrogens is 3. The van der Waals surface area contributed by atoms with Gasteiger partial charge >= 0.3 is 6.09 Å². The Labute approximate surface area is 201 Å². The first-order valence-corrected chi connectivity index (χ1v) is 11.5. The van der Waals surface area contributed by atoms with E-state index in [1.54, 1.807) is 30.2 Å². The fourth-order valence-electron chi connectivity index (χ4n) is 2.99. The zero-order valence-electron chi connectivity index (χ0n) is 17.8. The molecule has 3 aromatic rings. The van der Waals surface area contributed by atoms with Crippen LogP contribution in [0, 0.1) is 0 Å². The molecule has 2 heterocycles. The highest BCUT2D eigenvalue weighted by Gasteiger charge is 2.21. The summed E-state index contributed by atoms with van der Waals surface area (Å²) in [4.78, 5) is 20.6. The Morgan fingerprint density at radius 3 is 2.47 bits per heavy atom. The van der Waals surface area contributed by atoms with Gasteiger partial charge in [0.05, 0.1) is 18.8 Å². The first-order valence-electron chi connectivity index (χ1n) is 9.95. The van der Waals surface area contributed by atoms with Crippen LogP contribution in [0.15, 0.2) is 52.6 Å². The van der Waals surface area contributed by atoms with Crippen molar-refractivity contribution in [3.8, 4) is 0 Å². The first kappa shape index (κ1) is 24.4. The number of nitrogens with zero attached hydrogens (tertiary/aromatic N) is 3. The monoisotopic (exact) mass is 494 g/mol. The number of ether oxygens (including phenoxy) is 2. The summed E-state index contributed by atoms with van der Waals surface area (Å²) in [6.45, 7) is 5.34. The van der Waals surface area contributed by atoms with E-state index in [2.05, 4.69) is 23.4 Å². The Balaban J connectivity index is 1.94. The van der Waals surface area contributed by atoms with E-state index in [1.165, 1.54) is 0 Å². The van der Waals surface area contributed by atoms with Gasteiger partial charge in [0.1, 0.15) is 24.1 Å². The fourth-order valence-corrected chi connectivity index (χ4v) is 4.91. The van der Waals surface area contributed by atoms with Crippen LogP contribution in [0.1, 0.15) is 36.8 Å². The van der Waals surface area contributed by atoms with Crippen LogP contribution in [0.4, 0.5) is 4.79 Å². The molecule has 0 spiro atoms. The predicted molar refractivity (Wildman–Crippen MR) is 125 cm³/mol. The largest absolute Gasteiger partial charge is 0.447 e. The molecule has 0 saturated carbocycles. The molecule has 3 rings (SSSR count). The van der Waals surface area contributed by atoms with Crippen LogP contribution in [-0.4, -0.2) is 33.8 Å². The van der Waals surface area contributed by atoms with Crippen molar-refractivity contribution in [2.24, 2.45) is 5.73 Å². The molecule has 2 N–H and O–H groups in total. The average molecular weight is 495 g/mol. The normalized spacial score (nSPS) is 11.2. The smallest absolute Gasteiger partial charge is 0.404 e. The highest BCUT2D eigenvalue weighted by molar-refractivity contribution is 7.99. The van der Waals surface area contributed by atoms with Gasteiger partial charge in [0.15, 0.2) is 0 Å². The van der Waals surface area contributed by atoms with Crippen LogP contribution in [0.25, 0.3) is 0 Å². The minimum Gasteiger partial charge on any atom is -0.447 e. The fraction of sp³-hybridized carbons (Fsp3) is 0.318. The highest BCUT2D eigenvalue weighted by atomic mass is 35.5. The second kappa shape index (κ2) is 11.6. The van der Waals surface area contributed by atoms with Crippen LogP contribution in [-0.2, 0) is 22.6 Å². The van der Waals surface area contributed by atoms with E-state index in [1.807, 2.05) is 24.3 Å². The summed E-state index contributed by atoms with van der Waals surface area (Å²) in [6, 6.07) is 9.39. The van der Waals surface area contributed by atoms with Gasteiger partial charge in [-0.25, -0.2) is 9.78 Å². The molecule has 0 saturated heterocycles. The van der Waals surface area contributed by atoms with Crippen molar-refractivity contribution in [1.82, 2.24) is 14.5 Å². The van der Waals surface area contributed by atoms with Gasteiger partial charge in [0, 0.05) is 27.3 Å². The first-order chi connectivity index (χ1) is 15.3. The third-order valence-corrected chi connectivity index (χ3v) is 5.95. The van der Waals surface area contributed by atoms with Gasteiger partial charge in [-0.15, -0.1) is 0 Å². The summed E-state index contributed by atoms with van der Waals surface area (Å²) in [5.74, 6) is 0.947. The molecule has 32 heavy (non-hydrogen) atoms. The number of primary amides is 1. The summed E-state index contributed by atoms with van der Waals surface area (Å²) < 4.78 is 12.6. The van der Waals surface area contributed by atoms with E-state index in [-0.39, 0.29) is 25.7 Å². The second-order valence-electron chi connectivity index (χ2n) is 7.24. The van der Waals surface area contributed by atoms with E-state index in [0.29, 0.717) is 16.6 Å². The molecule has 0 bridgehead atoms. The Kier molecular flexibility index (Phi) is 8.81. The van der Waals surface area contributed by atoms with E-state index in [0.717, 1.165) is 27.0 Å². The molecule has 0 aliphatic carbocycles. The van der Waals surface area contributed by atoms with Gasteiger partial charge in [0.25, 0.3) is 0 Å².